The van der Waals surface area contributed by atoms with Crippen molar-refractivity contribution < 1.29 is 14.6 Å². The zero-order valence-corrected chi connectivity index (χ0v) is 17.3. The van der Waals surface area contributed by atoms with Gasteiger partial charge in [-0.15, -0.1) is 0 Å². The van der Waals surface area contributed by atoms with E-state index in [1.165, 1.54) is 11.1 Å². The van der Waals surface area contributed by atoms with Crippen LogP contribution in [-0.4, -0.2) is 34.9 Å². The average molecular weight is 403 g/mol. The van der Waals surface area contributed by atoms with Gasteiger partial charge in [0.2, 0.25) is 0 Å². The van der Waals surface area contributed by atoms with Gasteiger partial charge in [-0.25, -0.2) is 4.79 Å². The van der Waals surface area contributed by atoms with Gasteiger partial charge in [0, 0.05) is 30.3 Å². The molecule has 6 heteroatoms. The summed E-state index contributed by atoms with van der Waals surface area (Å²) in [6.07, 6.45) is -0.251. The first-order chi connectivity index (χ1) is 13.3. The summed E-state index contributed by atoms with van der Waals surface area (Å²) in [6.45, 7) is 8.00. The van der Waals surface area contributed by atoms with Crippen molar-refractivity contribution in [2.75, 3.05) is 18.4 Å². The number of rotatable bonds is 7. The molecule has 0 aliphatic carbocycles. The molecule has 28 heavy (non-hydrogen) atoms. The number of halogens is 1. The van der Waals surface area contributed by atoms with E-state index >= 15 is 0 Å². The maximum Gasteiger partial charge on any atom is 0.506 e. The smallest absolute Gasteiger partial charge is 0.450 e. The molecule has 1 heterocycles. The Morgan fingerprint density at radius 3 is 2.71 bits per heavy atom. The summed E-state index contributed by atoms with van der Waals surface area (Å²) in [7, 11) is 0. The average Bonchev–Trinajstić information content (AvgIpc) is 2.60. The Morgan fingerprint density at radius 2 is 2.07 bits per heavy atom. The largest absolute Gasteiger partial charge is 0.506 e. The molecular formula is C22H27ClN2O3. The van der Waals surface area contributed by atoms with E-state index in [2.05, 4.69) is 47.5 Å². The minimum Gasteiger partial charge on any atom is -0.450 e. The van der Waals surface area contributed by atoms with Crippen molar-refractivity contribution in [1.29, 1.82) is 0 Å². The van der Waals surface area contributed by atoms with Gasteiger partial charge in [-0.3, -0.25) is 4.90 Å². The van der Waals surface area contributed by atoms with Crippen LogP contribution >= 0.6 is 11.6 Å². The van der Waals surface area contributed by atoms with Crippen molar-refractivity contribution in [3.8, 4) is 0 Å². The molecular weight excluding hydrogens is 376 g/mol. The Hall–Kier alpha value is -2.24. The number of aryl methyl sites for hydroxylation is 1. The number of likely N-dealkylation sites (tertiary alicyclic amines) is 1. The monoisotopic (exact) mass is 402 g/mol. The van der Waals surface area contributed by atoms with Crippen molar-refractivity contribution in [3.63, 3.8) is 0 Å². The lowest BCUT2D eigenvalue weighted by molar-refractivity contribution is -0.107. The van der Waals surface area contributed by atoms with Crippen LogP contribution in [0.15, 0.2) is 42.5 Å². The normalized spacial score (nSPS) is 16.9. The molecule has 2 aromatic carbocycles. The maximum absolute atomic E-state index is 10.7. The fourth-order valence-corrected chi connectivity index (χ4v) is 3.93. The molecule has 1 aliphatic rings. The summed E-state index contributed by atoms with van der Waals surface area (Å²) in [4.78, 5) is 12.9. The van der Waals surface area contributed by atoms with Gasteiger partial charge in [0.25, 0.3) is 0 Å². The zero-order valence-electron chi connectivity index (χ0n) is 16.5. The molecule has 0 saturated carbocycles. The Balaban J connectivity index is 1.63. The lowest BCUT2D eigenvalue weighted by atomic mass is 9.95. The molecule has 1 saturated heterocycles. The summed E-state index contributed by atoms with van der Waals surface area (Å²) in [5.74, 6) is 0. The number of benzene rings is 2. The van der Waals surface area contributed by atoms with Gasteiger partial charge in [0.05, 0.1) is 6.04 Å². The summed E-state index contributed by atoms with van der Waals surface area (Å²) in [5, 5.41) is 13.2. The van der Waals surface area contributed by atoms with E-state index in [1.807, 2.05) is 26.0 Å². The van der Waals surface area contributed by atoms with Crippen LogP contribution in [0, 0.1) is 6.92 Å². The van der Waals surface area contributed by atoms with Crippen molar-refractivity contribution in [2.45, 2.75) is 45.4 Å². The second kappa shape index (κ2) is 8.41. The van der Waals surface area contributed by atoms with Crippen molar-refractivity contribution in [2.24, 2.45) is 0 Å². The summed E-state index contributed by atoms with van der Waals surface area (Å²) >= 11 is 6.16. The van der Waals surface area contributed by atoms with Crippen molar-refractivity contribution in [1.82, 2.24) is 4.90 Å². The number of anilines is 1. The Morgan fingerprint density at radius 1 is 1.32 bits per heavy atom. The van der Waals surface area contributed by atoms with Gasteiger partial charge >= 0.3 is 6.16 Å². The van der Waals surface area contributed by atoms with Crippen molar-refractivity contribution >= 4 is 23.4 Å². The molecule has 1 atom stereocenters. The molecule has 5 nitrogen and oxygen atoms in total. The van der Waals surface area contributed by atoms with Gasteiger partial charge in [-0.2, -0.15) is 0 Å². The Bertz CT molecular complexity index is 849. The van der Waals surface area contributed by atoms with E-state index in [4.69, 9.17) is 21.4 Å². The minimum atomic E-state index is -1.21. The third-order valence-corrected chi connectivity index (χ3v) is 5.54. The number of nitrogens with zero attached hydrogens (tertiary/aromatic N) is 1. The third kappa shape index (κ3) is 4.97. The van der Waals surface area contributed by atoms with Crippen LogP contribution in [-0.2, 0) is 11.3 Å². The lowest BCUT2D eigenvalue weighted by Crippen LogP contribution is -2.61. The number of ether oxygens (including phenoxy) is 1. The highest BCUT2D eigenvalue weighted by Gasteiger charge is 2.42. The molecule has 2 aromatic rings. The number of carbonyl (C=O) groups is 1. The van der Waals surface area contributed by atoms with Crippen LogP contribution in [0.2, 0.25) is 5.02 Å². The molecule has 0 bridgehead atoms. The van der Waals surface area contributed by atoms with Gasteiger partial charge < -0.3 is 15.2 Å². The zero-order chi connectivity index (χ0) is 20.3. The fourth-order valence-electron chi connectivity index (χ4n) is 3.81. The molecule has 2 N–H and O–H groups in total. The molecule has 1 aliphatic heterocycles. The number of carboxylic acid groups (broad SMARTS) is 1. The Labute approximate surface area is 171 Å². The number of nitrogens with one attached hydrogen (secondary N) is 1. The van der Waals surface area contributed by atoms with E-state index in [0.29, 0.717) is 13.1 Å². The molecule has 0 spiro atoms. The van der Waals surface area contributed by atoms with Gasteiger partial charge in [-0.1, -0.05) is 42.8 Å². The molecule has 3 rings (SSSR count). The van der Waals surface area contributed by atoms with Crippen LogP contribution in [0.5, 0.6) is 0 Å². The van der Waals surface area contributed by atoms with Crippen LogP contribution in [0.25, 0.3) is 0 Å². The summed E-state index contributed by atoms with van der Waals surface area (Å²) in [6, 6.07) is 14.7. The lowest BCUT2D eigenvalue weighted by Gasteiger charge is -2.46. The number of hydrogen-bond acceptors (Lipinski definition) is 4. The molecule has 0 radical (unpaired) electrons. The number of hydrogen-bond donors (Lipinski definition) is 2. The second-order valence-corrected chi connectivity index (χ2v) is 8.18. The van der Waals surface area contributed by atoms with E-state index in [1.54, 1.807) is 0 Å². The maximum atomic E-state index is 10.7. The summed E-state index contributed by atoms with van der Waals surface area (Å²) < 4.78 is 4.95. The quantitative estimate of drug-likeness (QED) is 0.600. The standard InChI is InChI=1S/C22H27ClN2O3/c1-4-20(17-8-9-19(23)15(2)10-17)24-18-7-5-6-16(11-18)12-25-13-22(3,14-25)28-21(26)27/h5-11,20,24H,4,12-14H2,1-3H3,(H,26,27)/t20-/m1/s1. The highest BCUT2D eigenvalue weighted by atomic mass is 35.5. The SMILES string of the molecule is CC[C@@H](Nc1cccc(CN2CC(C)(OC(=O)O)C2)c1)c1ccc(Cl)c(C)c1. The van der Waals surface area contributed by atoms with Crippen LogP contribution in [0.3, 0.4) is 0 Å². The predicted octanol–water partition coefficient (Wildman–Crippen LogP) is 5.48. The minimum absolute atomic E-state index is 0.211. The van der Waals surface area contributed by atoms with Gasteiger partial charge in [0.1, 0.15) is 5.60 Å². The molecule has 1 fully saturated rings. The fraction of sp³-hybridized carbons (Fsp3) is 0.409. The van der Waals surface area contributed by atoms with Crippen LogP contribution in [0.1, 0.15) is 43.0 Å². The van der Waals surface area contributed by atoms with Gasteiger partial charge in [0.15, 0.2) is 0 Å². The summed E-state index contributed by atoms with van der Waals surface area (Å²) in [5.41, 5.74) is 3.96. The molecule has 150 valence electrons. The molecule has 0 unspecified atom stereocenters. The topological polar surface area (TPSA) is 61.8 Å². The highest BCUT2D eigenvalue weighted by Crippen LogP contribution is 2.29. The first-order valence-corrected chi connectivity index (χ1v) is 9.91. The van der Waals surface area contributed by atoms with Crippen LogP contribution < -0.4 is 5.32 Å². The molecule has 0 amide bonds. The van der Waals surface area contributed by atoms with Crippen LogP contribution in [0.4, 0.5) is 10.5 Å². The predicted molar refractivity (Wildman–Crippen MR) is 112 cm³/mol. The molecule has 0 aromatic heterocycles. The first kappa shape index (κ1) is 20.5. The van der Waals surface area contributed by atoms with E-state index < -0.39 is 11.8 Å². The third-order valence-electron chi connectivity index (χ3n) is 5.12. The second-order valence-electron chi connectivity index (χ2n) is 7.78. The van der Waals surface area contributed by atoms with E-state index in [0.717, 1.165) is 29.2 Å². The Kier molecular flexibility index (Phi) is 6.16. The van der Waals surface area contributed by atoms with Gasteiger partial charge in [-0.05, 0) is 55.2 Å². The van der Waals surface area contributed by atoms with E-state index in [9.17, 15) is 4.79 Å². The van der Waals surface area contributed by atoms with E-state index in [-0.39, 0.29) is 6.04 Å². The van der Waals surface area contributed by atoms with Crippen molar-refractivity contribution in [3.05, 3.63) is 64.2 Å². The highest BCUT2D eigenvalue weighted by molar-refractivity contribution is 6.31. The first-order valence-electron chi connectivity index (χ1n) is 9.54.